The molecule has 3 N–H and O–H groups in total. The van der Waals surface area contributed by atoms with Crippen LogP contribution in [-0.4, -0.2) is 89.2 Å². The van der Waals surface area contributed by atoms with Crippen molar-refractivity contribution in [3.05, 3.63) is 12.2 Å². The second-order valence-corrected chi connectivity index (χ2v) is 22.8. The van der Waals surface area contributed by atoms with E-state index in [1.165, 1.54) is 205 Å². The monoisotopic (exact) mass is 1090 g/mol. The van der Waals surface area contributed by atoms with Gasteiger partial charge in [-0.2, -0.15) is 0 Å². The fraction of sp³-hybridized carbons (Fsp3) is 0.908. The number of ether oxygens (including phenoxy) is 5. The summed E-state index contributed by atoms with van der Waals surface area (Å²) in [5.74, 6) is -3.08. The average molecular weight is 1090 g/mol. The van der Waals surface area contributed by atoms with Crippen molar-refractivity contribution < 1.29 is 58.2 Å². The summed E-state index contributed by atoms with van der Waals surface area (Å²) < 4.78 is 28.5. The smallest absolute Gasteiger partial charge is 0.335 e. The van der Waals surface area contributed by atoms with Gasteiger partial charge in [0.2, 0.25) is 0 Å². The molecule has 1 aliphatic heterocycles. The quantitative estimate of drug-likeness (QED) is 0.0228. The molecule has 12 nitrogen and oxygen atoms in total. The molecular weight excluding hydrogens is 973 g/mol. The van der Waals surface area contributed by atoms with Gasteiger partial charge in [-0.25, -0.2) is 4.79 Å². The molecule has 0 bridgehead atoms. The third-order valence-electron chi connectivity index (χ3n) is 15.3. The van der Waals surface area contributed by atoms with E-state index < -0.39 is 67.3 Å². The largest absolute Gasteiger partial charge is 0.479 e. The minimum absolute atomic E-state index is 0.0692. The maximum Gasteiger partial charge on any atom is 0.335 e. The Morgan fingerprint density at radius 1 is 0.416 bits per heavy atom. The lowest BCUT2D eigenvalue weighted by atomic mass is 9.98. The normalized spacial score (nSPS) is 18.0. The number of rotatable bonds is 57. The molecule has 0 radical (unpaired) electrons. The first kappa shape index (κ1) is 72.5. The highest BCUT2D eigenvalue weighted by atomic mass is 16.7. The van der Waals surface area contributed by atoms with Crippen molar-refractivity contribution in [2.24, 2.45) is 0 Å². The highest BCUT2D eigenvalue weighted by Gasteiger charge is 2.50. The molecule has 0 aromatic heterocycles. The lowest BCUT2D eigenvalue weighted by molar-refractivity contribution is -0.301. The molecule has 0 aromatic rings. The Hall–Kier alpha value is -2.54. The molecule has 1 fully saturated rings. The lowest BCUT2D eigenvalue weighted by Crippen LogP contribution is -2.61. The minimum atomic E-state index is -1.90. The molecule has 6 atom stereocenters. The van der Waals surface area contributed by atoms with Crippen molar-refractivity contribution in [2.75, 3.05) is 13.2 Å². The number of aliphatic hydroxyl groups is 2. The van der Waals surface area contributed by atoms with E-state index in [1.807, 2.05) is 0 Å². The number of aliphatic carboxylic acids is 1. The predicted molar refractivity (Wildman–Crippen MR) is 313 cm³/mol. The first-order valence-electron chi connectivity index (χ1n) is 32.7. The zero-order chi connectivity index (χ0) is 56.1. The fourth-order valence-corrected chi connectivity index (χ4v) is 10.3. The van der Waals surface area contributed by atoms with Gasteiger partial charge in [0.25, 0.3) is 0 Å². The fourth-order valence-electron chi connectivity index (χ4n) is 10.3. The molecule has 1 rings (SSSR count). The number of esters is 3. The summed E-state index contributed by atoms with van der Waals surface area (Å²) in [7, 11) is 0. The number of carboxylic acid groups (broad SMARTS) is 1. The number of unbranched alkanes of at least 4 members (excludes halogenated alkanes) is 41. The SMILES string of the molecule is CCCCCCCC/C=C\CCCCCCCCCC(=O)OCC(COC1OC(C(=O)O)C(O)C(O)C1OC(=O)CCCCCCCCCCCCCCCCCCCCC)OC(=O)CCCCCCCCCCCCC. The van der Waals surface area contributed by atoms with Crippen LogP contribution in [0, 0.1) is 0 Å². The molecule has 0 aliphatic carbocycles. The Balaban J connectivity index is 2.60. The van der Waals surface area contributed by atoms with Crippen LogP contribution in [0.15, 0.2) is 12.2 Å². The van der Waals surface area contributed by atoms with Crippen molar-refractivity contribution in [1.29, 1.82) is 0 Å². The van der Waals surface area contributed by atoms with Crippen LogP contribution in [0.2, 0.25) is 0 Å². The summed E-state index contributed by atoms with van der Waals surface area (Å²) in [5.41, 5.74) is 0. The van der Waals surface area contributed by atoms with Crippen LogP contribution in [0.4, 0.5) is 0 Å². The Morgan fingerprint density at radius 3 is 1.10 bits per heavy atom. The van der Waals surface area contributed by atoms with Crippen LogP contribution in [-0.2, 0) is 42.9 Å². The summed E-state index contributed by atoms with van der Waals surface area (Å²) >= 11 is 0. The molecule has 0 amide bonds. The number of hydrogen-bond donors (Lipinski definition) is 3. The van der Waals surface area contributed by atoms with Gasteiger partial charge in [-0.3, -0.25) is 14.4 Å². The van der Waals surface area contributed by atoms with Gasteiger partial charge in [0.15, 0.2) is 24.6 Å². The summed E-state index contributed by atoms with van der Waals surface area (Å²) in [4.78, 5) is 51.2. The summed E-state index contributed by atoms with van der Waals surface area (Å²) in [6, 6.07) is 0. The van der Waals surface area contributed by atoms with Gasteiger partial charge in [-0.1, -0.05) is 277 Å². The number of carbonyl (C=O) groups is 4. The van der Waals surface area contributed by atoms with Crippen LogP contribution < -0.4 is 0 Å². The third-order valence-corrected chi connectivity index (χ3v) is 15.3. The zero-order valence-corrected chi connectivity index (χ0v) is 50.0. The van der Waals surface area contributed by atoms with Crippen molar-refractivity contribution in [1.82, 2.24) is 0 Å². The number of allylic oxidation sites excluding steroid dienone is 2. The molecule has 0 aromatic carbocycles. The Bertz CT molecular complexity index is 1390. The van der Waals surface area contributed by atoms with Gasteiger partial charge in [0.1, 0.15) is 18.8 Å². The van der Waals surface area contributed by atoms with E-state index in [0.29, 0.717) is 19.3 Å². The molecule has 12 heteroatoms. The molecule has 0 saturated carbocycles. The van der Waals surface area contributed by atoms with Gasteiger partial charge >= 0.3 is 23.9 Å². The van der Waals surface area contributed by atoms with E-state index in [9.17, 15) is 34.5 Å². The van der Waals surface area contributed by atoms with E-state index in [4.69, 9.17) is 23.7 Å². The summed E-state index contributed by atoms with van der Waals surface area (Å²) in [6.45, 7) is 6.03. The topological polar surface area (TPSA) is 175 Å². The van der Waals surface area contributed by atoms with Crippen molar-refractivity contribution in [3.8, 4) is 0 Å². The molecule has 452 valence electrons. The maximum atomic E-state index is 13.1. The van der Waals surface area contributed by atoms with Crippen molar-refractivity contribution in [2.45, 2.75) is 366 Å². The average Bonchev–Trinajstić information content (AvgIpc) is 3.41. The molecule has 1 heterocycles. The molecule has 1 saturated heterocycles. The predicted octanol–water partition coefficient (Wildman–Crippen LogP) is 17.2. The first-order chi connectivity index (χ1) is 37.6. The zero-order valence-electron chi connectivity index (χ0n) is 50.0. The number of aliphatic hydroxyl groups excluding tert-OH is 2. The lowest BCUT2D eigenvalue weighted by Gasteiger charge is -2.40. The van der Waals surface area contributed by atoms with E-state index in [0.717, 1.165) is 64.2 Å². The standard InChI is InChI=1S/C65H120O12/c1-4-7-10-13-16-19-22-24-26-28-29-31-33-35-38-41-44-47-50-53-59(68)76-63-61(70)60(69)62(64(71)72)77-65(63)74-55-56(75-58(67)52-49-46-43-40-36-21-18-15-12-9-6-3)54-73-57(66)51-48-45-42-39-37-34-32-30-27-25-23-20-17-14-11-8-5-2/h25,27,56,60-63,65,69-70H,4-24,26,28-55H2,1-3H3,(H,71,72)/b27-25-. The molecular formula is C65H120O12. The number of carbonyl (C=O) groups excluding carboxylic acids is 3. The summed E-state index contributed by atoms with van der Waals surface area (Å²) in [6.07, 6.45) is 48.9. The highest BCUT2D eigenvalue weighted by molar-refractivity contribution is 5.74. The first-order valence-corrected chi connectivity index (χ1v) is 32.7. The highest BCUT2D eigenvalue weighted by Crippen LogP contribution is 2.27. The van der Waals surface area contributed by atoms with Gasteiger partial charge in [0, 0.05) is 19.3 Å². The minimum Gasteiger partial charge on any atom is -0.479 e. The van der Waals surface area contributed by atoms with Crippen molar-refractivity contribution in [3.63, 3.8) is 0 Å². The third kappa shape index (κ3) is 43.9. The Labute approximate surface area is 471 Å². The molecule has 1 aliphatic rings. The number of carboxylic acids is 1. The van der Waals surface area contributed by atoms with Crippen LogP contribution in [0.5, 0.6) is 0 Å². The van der Waals surface area contributed by atoms with Crippen molar-refractivity contribution >= 4 is 23.9 Å². The molecule has 6 unspecified atom stereocenters. The van der Waals surface area contributed by atoms with Crippen LogP contribution in [0.3, 0.4) is 0 Å². The van der Waals surface area contributed by atoms with E-state index >= 15 is 0 Å². The summed E-state index contributed by atoms with van der Waals surface area (Å²) in [5, 5.41) is 31.6. The number of hydrogen-bond acceptors (Lipinski definition) is 11. The van der Waals surface area contributed by atoms with E-state index in [2.05, 4.69) is 32.9 Å². The Morgan fingerprint density at radius 2 is 0.740 bits per heavy atom. The van der Waals surface area contributed by atoms with Crippen LogP contribution in [0.25, 0.3) is 0 Å². The maximum absolute atomic E-state index is 13.1. The second-order valence-electron chi connectivity index (χ2n) is 22.8. The molecule has 77 heavy (non-hydrogen) atoms. The van der Waals surface area contributed by atoms with E-state index in [1.54, 1.807) is 0 Å². The van der Waals surface area contributed by atoms with Gasteiger partial charge in [-0.15, -0.1) is 0 Å². The second kappa shape index (κ2) is 54.1. The van der Waals surface area contributed by atoms with E-state index in [-0.39, 0.29) is 25.9 Å². The van der Waals surface area contributed by atoms with Crippen LogP contribution >= 0.6 is 0 Å². The molecule has 0 spiro atoms. The van der Waals surface area contributed by atoms with Gasteiger partial charge in [0.05, 0.1) is 6.61 Å². The Kier molecular flexibility index (Phi) is 50.9. The van der Waals surface area contributed by atoms with Gasteiger partial charge < -0.3 is 39.0 Å². The van der Waals surface area contributed by atoms with Crippen LogP contribution in [0.1, 0.15) is 329 Å². The van der Waals surface area contributed by atoms with Gasteiger partial charge in [-0.05, 0) is 44.9 Å².